The molecule has 0 spiro atoms. The van der Waals surface area contributed by atoms with Crippen LogP contribution >= 0.6 is 0 Å². The van der Waals surface area contributed by atoms with Crippen molar-refractivity contribution < 1.29 is 27.6 Å². The second-order valence-corrected chi connectivity index (χ2v) is 6.79. The Morgan fingerprint density at radius 2 is 1.82 bits per heavy atom. The molecule has 33 heavy (non-hydrogen) atoms. The number of nitrogens with two attached hydrogens (primary N) is 1. The van der Waals surface area contributed by atoms with Crippen LogP contribution in [-0.2, 0) is 9.63 Å². The molecule has 4 aromatic rings. The first kappa shape index (κ1) is 21.6. The van der Waals surface area contributed by atoms with E-state index in [-0.39, 0.29) is 11.4 Å². The van der Waals surface area contributed by atoms with Gasteiger partial charge in [0.1, 0.15) is 0 Å². The summed E-state index contributed by atoms with van der Waals surface area (Å²) in [6, 6.07) is 13.3. The monoisotopic (exact) mass is 456 g/mol. The number of amides is 1. The third-order valence-electron chi connectivity index (χ3n) is 4.53. The van der Waals surface area contributed by atoms with Crippen LogP contribution in [0.3, 0.4) is 0 Å². The SMILES string of the molecule is Nc1ncc(-c2ccc(C(=O)NOC(=O)C(F)(F)F)cc2)nc1Nc1ccc2[nH]ccc2c1. The lowest BCUT2D eigenvalue weighted by atomic mass is 10.1. The summed E-state index contributed by atoms with van der Waals surface area (Å²) in [7, 11) is 0. The highest BCUT2D eigenvalue weighted by molar-refractivity contribution is 5.95. The Bertz CT molecular complexity index is 1340. The molecule has 0 aliphatic rings. The number of fused-ring (bicyclic) bond motifs is 1. The van der Waals surface area contributed by atoms with Crippen molar-refractivity contribution in [2.75, 3.05) is 11.1 Å². The number of aromatic nitrogens is 3. The number of carbonyl (C=O) groups excluding carboxylic acids is 2. The molecule has 0 aliphatic heterocycles. The van der Waals surface area contributed by atoms with E-state index in [4.69, 9.17) is 5.73 Å². The third-order valence-corrected chi connectivity index (χ3v) is 4.53. The number of anilines is 3. The van der Waals surface area contributed by atoms with Gasteiger partial charge in [-0.3, -0.25) is 4.79 Å². The number of nitrogens with zero attached hydrogens (tertiary/aromatic N) is 2. The number of hydrogen-bond acceptors (Lipinski definition) is 7. The molecule has 0 bridgehead atoms. The van der Waals surface area contributed by atoms with Crippen LogP contribution in [0.25, 0.3) is 22.2 Å². The van der Waals surface area contributed by atoms with Gasteiger partial charge >= 0.3 is 12.1 Å². The van der Waals surface area contributed by atoms with Crippen molar-refractivity contribution in [3.05, 3.63) is 66.5 Å². The lowest BCUT2D eigenvalue weighted by Gasteiger charge is -2.10. The van der Waals surface area contributed by atoms with Crippen LogP contribution < -0.4 is 16.5 Å². The average molecular weight is 456 g/mol. The maximum Gasteiger partial charge on any atom is 0.493 e. The van der Waals surface area contributed by atoms with Gasteiger partial charge in [0.15, 0.2) is 11.6 Å². The molecular formula is C21H15F3N6O3. The van der Waals surface area contributed by atoms with Gasteiger partial charge in [-0.2, -0.15) is 18.7 Å². The molecule has 5 N–H and O–H groups in total. The number of carbonyl (C=O) groups is 2. The predicted molar refractivity (Wildman–Crippen MR) is 113 cm³/mol. The summed E-state index contributed by atoms with van der Waals surface area (Å²) < 4.78 is 36.4. The van der Waals surface area contributed by atoms with Crippen LogP contribution in [-0.4, -0.2) is 33.0 Å². The van der Waals surface area contributed by atoms with Gasteiger partial charge in [-0.05, 0) is 36.4 Å². The summed E-state index contributed by atoms with van der Waals surface area (Å²) in [6.07, 6.45) is -1.95. The highest BCUT2D eigenvalue weighted by Gasteiger charge is 2.42. The molecule has 0 saturated heterocycles. The molecule has 2 aromatic carbocycles. The predicted octanol–water partition coefficient (Wildman–Crippen LogP) is 3.70. The first-order chi connectivity index (χ1) is 15.7. The summed E-state index contributed by atoms with van der Waals surface area (Å²) >= 11 is 0. The number of nitrogens with one attached hydrogen (secondary N) is 3. The van der Waals surface area contributed by atoms with Gasteiger partial charge in [0.2, 0.25) is 0 Å². The molecule has 1 amide bonds. The number of aromatic amines is 1. The maximum absolute atomic E-state index is 12.1. The largest absolute Gasteiger partial charge is 0.493 e. The summed E-state index contributed by atoms with van der Waals surface area (Å²) in [4.78, 5) is 38.0. The van der Waals surface area contributed by atoms with Crippen molar-refractivity contribution in [3.63, 3.8) is 0 Å². The van der Waals surface area contributed by atoms with Gasteiger partial charge in [-0.15, -0.1) is 0 Å². The zero-order valence-corrected chi connectivity index (χ0v) is 16.6. The van der Waals surface area contributed by atoms with Crippen molar-refractivity contribution in [1.29, 1.82) is 0 Å². The van der Waals surface area contributed by atoms with Crippen LogP contribution in [0.4, 0.5) is 30.5 Å². The molecule has 9 nitrogen and oxygen atoms in total. The molecule has 168 valence electrons. The molecule has 0 fully saturated rings. The molecule has 4 rings (SSSR count). The quantitative estimate of drug-likeness (QED) is 0.344. The second kappa shape index (κ2) is 8.49. The van der Waals surface area contributed by atoms with E-state index in [1.54, 1.807) is 0 Å². The first-order valence-corrected chi connectivity index (χ1v) is 9.36. The summed E-state index contributed by atoms with van der Waals surface area (Å²) in [5, 5.41) is 4.11. The Morgan fingerprint density at radius 1 is 1.06 bits per heavy atom. The van der Waals surface area contributed by atoms with Gasteiger partial charge in [-0.1, -0.05) is 12.1 Å². The normalized spacial score (nSPS) is 11.2. The Morgan fingerprint density at radius 3 is 2.55 bits per heavy atom. The van der Waals surface area contributed by atoms with Crippen molar-refractivity contribution in [2.24, 2.45) is 0 Å². The number of rotatable bonds is 4. The Hall–Kier alpha value is -4.61. The minimum absolute atomic E-state index is 0.0321. The zero-order chi connectivity index (χ0) is 23.6. The van der Waals surface area contributed by atoms with E-state index in [9.17, 15) is 22.8 Å². The lowest BCUT2D eigenvalue weighted by Crippen LogP contribution is -2.34. The minimum Gasteiger partial charge on any atom is -0.381 e. The molecule has 12 heteroatoms. The number of hydrogen-bond donors (Lipinski definition) is 4. The van der Waals surface area contributed by atoms with E-state index in [2.05, 4.69) is 25.1 Å². The first-order valence-electron chi connectivity index (χ1n) is 9.36. The number of alkyl halides is 3. The van der Waals surface area contributed by atoms with E-state index in [0.717, 1.165) is 16.6 Å². The Kier molecular flexibility index (Phi) is 5.56. The van der Waals surface area contributed by atoms with Crippen LogP contribution in [0.5, 0.6) is 0 Å². The van der Waals surface area contributed by atoms with Crippen molar-refractivity contribution >= 4 is 40.1 Å². The van der Waals surface area contributed by atoms with Crippen molar-refractivity contribution in [1.82, 2.24) is 20.4 Å². The fourth-order valence-corrected chi connectivity index (χ4v) is 2.90. The molecule has 0 radical (unpaired) electrons. The van der Waals surface area contributed by atoms with Gasteiger partial charge in [0, 0.05) is 33.9 Å². The number of benzene rings is 2. The third kappa shape index (κ3) is 4.84. The van der Waals surface area contributed by atoms with Crippen molar-refractivity contribution in [3.8, 4) is 11.3 Å². The molecule has 2 aromatic heterocycles. The van der Waals surface area contributed by atoms with Gasteiger partial charge in [-0.25, -0.2) is 14.8 Å². The van der Waals surface area contributed by atoms with E-state index in [1.165, 1.54) is 35.9 Å². The fourth-order valence-electron chi connectivity index (χ4n) is 2.90. The van der Waals surface area contributed by atoms with Gasteiger partial charge < -0.3 is 20.9 Å². The smallest absolute Gasteiger partial charge is 0.381 e. The standard InChI is InChI=1S/C21H15F3N6O3/c22-21(23,24)20(32)33-30-19(31)12-3-1-11(2-4-12)16-10-27-17(25)18(29-16)28-14-5-6-15-13(9-14)7-8-26-15/h1-10,26H,(H2,25,27)(H,28,29)(H,30,31). The highest BCUT2D eigenvalue weighted by Crippen LogP contribution is 2.26. The van der Waals surface area contributed by atoms with Crippen molar-refractivity contribution in [2.45, 2.75) is 6.18 Å². The summed E-state index contributed by atoms with van der Waals surface area (Å²) in [5.74, 6) is -3.05. The van der Waals surface area contributed by atoms with E-state index < -0.39 is 18.1 Å². The van der Waals surface area contributed by atoms with E-state index in [1.807, 2.05) is 30.5 Å². The molecular weight excluding hydrogens is 441 g/mol. The molecule has 0 saturated carbocycles. The maximum atomic E-state index is 12.1. The lowest BCUT2D eigenvalue weighted by molar-refractivity contribution is -0.204. The Balaban J connectivity index is 1.48. The molecule has 0 aliphatic carbocycles. The van der Waals surface area contributed by atoms with Gasteiger partial charge in [0.05, 0.1) is 11.9 Å². The number of halogens is 3. The van der Waals surface area contributed by atoms with Crippen LogP contribution in [0.2, 0.25) is 0 Å². The minimum atomic E-state index is -5.22. The molecule has 0 atom stereocenters. The van der Waals surface area contributed by atoms with Crippen LogP contribution in [0, 0.1) is 0 Å². The molecule has 2 heterocycles. The number of H-pyrrole nitrogens is 1. The second-order valence-electron chi connectivity index (χ2n) is 6.79. The fraction of sp³-hybridized carbons (Fsp3) is 0.0476. The Labute approximate surface area is 183 Å². The molecule has 0 unspecified atom stereocenters. The number of nitrogen functional groups attached to an aromatic ring is 1. The summed E-state index contributed by atoms with van der Waals surface area (Å²) in [6.45, 7) is 0. The number of hydroxylamine groups is 1. The summed E-state index contributed by atoms with van der Waals surface area (Å²) in [5.41, 5.74) is 10.1. The topological polar surface area (TPSA) is 135 Å². The van der Waals surface area contributed by atoms with Gasteiger partial charge in [0.25, 0.3) is 5.91 Å². The highest BCUT2D eigenvalue weighted by atomic mass is 19.4. The average Bonchev–Trinajstić information content (AvgIpc) is 3.26. The zero-order valence-electron chi connectivity index (χ0n) is 16.6. The van der Waals surface area contributed by atoms with E-state index >= 15 is 0 Å². The van der Waals surface area contributed by atoms with Crippen LogP contribution in [0.15, 0.2) is 60.9 Å². The van der Waals surface area contributed by atoms with Crippen LogP contribution in [0.1, 0.15) is 10.4 Å². The van der Waals surface area contributed by atoms with E-state index in [0.29, 0.717) is 17.1 Å².